The predicted molar refractivity (Wildman–Crippen MR) is 94.3 cm³/mol. The number of benzene rings is 2. The molecule has 0 aliphatic heterocycles. The molecule has 2 aromatic carbocycles. The Bertz CT molecular complexity index is 730. The van der Waals surface area contributed by atoms with E-state index in [9.17, 15) is 0 Å². The number of imidazole rings is 1. The number of aryl methyl sites for hydroxylation is 1. The third-order valence-electron chi connectivity index (χ3n) is 3.62. The molecule has 0 saturated carbocycles. The highest BCUT2D eigenvalue weighted by atomic mass is 32.2. The topological polar surface area (TPSA) is 17.8 Å². The lowest BCUT2D eigenvalue weighted by Crippen LogP contribution is -2.03. The van der Waals surface area contributed by atoms with Crippen molar-refractivity contribution in [3.8, 4) is 11.3 Å². The van der Waals surface area contributed by atoms with Crippen LogP contribution in [0.1, 0.15) is 18.1 Å². The molecule has 0 radical (unpaired) electrons. The predicted octanol–water partition coefficient (Wildman–Crippen LogP) is 5.02. The molecule has 0 spiro atoms. The Balaban J connectivity index is 2.01. The Morgan fingerprint density at radius 3 is 2.41 bits per heavy atom. The summed E-state index contributed by atoms with van der Waals surface area (Å²) in [5.74, 6) is 1.03. The van der Waals surface area contributed by atoms with Gasteiger partial charge in [-0.15, -0.1) is 0 Å². The molecule has 0 fully saturated rings. The second kappa shape index (κ2) is 6.84. The van der Waals surface area contributed by atoms with Gasteiger partial charge in [0.05, 0.1) is 18.4 Å². The molecule has 0 aliphatic carbocycles. The average Bonchev–Trinajstić information content (AvgIpc) is 2.92. The van der Waals surface area contributed by atoms with Crippen molar-refractivity contribution in [2.75, 3.05) is 5.75 Å². The van der Waals surface area contributed by atoms with Crippen LogP contribution in [-0.2, 0) is 6.54 Å². The summed E-state index contributed by atoms with van der Waals surface area (Å²) < 4.78 is 2.31. The Morgan fingerprint density at radius 1 is 1.00 bits per heavy atom. The molecular formula is C19H20N2S. The van der Waals surface area contributed by atoms with Gasteiger partial charge in [-0.05, 0) is 23.8 Å². The molecule has 0 N–H and O–H groups in total. The van der Waals surface area contributed by atoms with Crippen LogP contribution < -0.4 is 0 Å². The molecule has 0 unspecified atom stereocenters. The molecule has 0 atom stereocenters. The lowest BCUT2D eigenvalue weighted by Gasteiger charge is -2.12. The van der Waals surface area contributed by atoms with Gasteiger partial charge in [0.1, 0.15) is 0 Å². The number of thioether (sulfide) groups is 1. The van der Waals surface area contributed by atoms with Crippen molar-refractivity contribution in [2.45, 2.75) is 25.5 Å². The maximum Gasteiger partial charge on any atom is 0.168 e. The van der Waals surface area contributed by atoms with Crippen molar-refractivity contribution >= 4 is 11.8 Å². The second-order valence-electron chi connectivity index (χ2n) is 5.30. The fourth-order valence-electron chi connectivity index (χ4n) is 2.48. The Hall–Kier alpha value is -2.00. The van der Waals surface area contributed by atoms with Crippen LogP contribution in [0.4, 0.5) is 0 Å². The molecule has 3 heteroatoms. The van der Waals surface area contributed by atoms with E-state index in [-0.39, 0.29) is 0 Å². The van der Waals surface area contributed by atoms with Crippen molar-refractivity contribution in [3.05, 3.63) is 71.9 Å². The first kappa shape index (κ1) is 14.9. The lowest BCUT2D eigenvalue weighted by atomic mass is 10.1. The normalized spacial score (nSPS) is 10.8. The quantitative estimate of drug-likeness (QED) is 0.616. The van der Waals surface area contributed by atoms with Crippen molar-refractivity contribution in [1.29, 1.82) is 0 Å². The van der Waals surface area contributed by atoms with Crippen LogP contribution >= 0.6 is 11.8 Å². The summed E-state index contributed by atoms with van der Waals surface area (Å²) in [5, 5.41) is 1.09. The molecule has 3 aromatic rings. The maximum atomic E-state index is 4.63. The summed E-state index contributed by atoms with van der Waals surface area (Å²) in [7, 11) is 0. The van der Waals surface area contributed by atoms with Gasteiger partial charge in [0.25, 0.3) is 0 Å². The van der Waals surface area contributed by atoms with Crippen molar-refractivity contribution in [2.24, 2.45) is 0 Å². The van der Waals surface area contributed by atoms with Crippen LogP contribution in [-0.4, -0.2) is 15.3 Å². The Kier molecular flexibility index (Phi) is 4.64. The van der Waals surface area contributed by atoms with E-state index < -0.39 is 0 Å². The van der Waals surface area contributed by atoms with Crippen LogP contribution in [0.2, 0.25) is 0 Å². The Labute approximate surface area is 136 Å². The molecule has 1 aromatic heterocycles. The van der Waals surface area contributed by atoms with Crippen LogP contribution in [0, 0.1) is 6.92 Å². The standard InChI is InChI=1S/C19H20N2S/c1-3-22-19-20-13-18(17-11-9-15(2)10-12-17)21(19)14-16-7-5-4-6-8-16/h4-13H,3,14H2,1-2H3. The number of aromatic nitrogens is 2. The largest absolute Gasteiger partial charge is 0.314 e. The molecule has 0 amide bonds. The molecule has 0 aliphatic rings. The van der Waals surface area contributed by atoms with E-state index in [0.29, 0.717) is 0 Å². The van der Waals surface area contributed by atoms with E-state index in [1.54, 1.807) is 11.8 Å². The first-order chi connectivity index (χ1) is 10.8. The van der Waals surface area contributed by atoms with Crippen LogP contribution in [0.3, 0.4) is 0 Å². The molecule has 22 heavy (non-hydrogen) atoms. The number of hydrogen-bond acceptors (Lipinski definition) is 2. The van der Waals surface area contributed by atoms with Crippen molar-refractivity contribution < 1.29 is 0 Å². The van der Waals surface area contributed by atoms with Gasteiger partial charge in [0.2, 0.25) is 0 Å². The smallest absolute Gasteiger partial charge is 0.168 e. The van der Waals surface area contributed by atoms with Crippen LogP contribution in [0.15, 0.2) is 66.0 Å². The lowest BCUT2D eigenvalue weighted by molar-refractivity contribution is 0.715. The van der Waals surface area contributed by atoms with Gasteiger partial charge >= 0.3 is 0 Å². The Morgan fingerprint density at radius 2 is 1.73 bits per heavy atom. The highest BCUT2D eigenvalue weighted by Gasteiger charge is 2.12. The monoisotopic (exact) mass is 308 g/mol. The van der Waals surface area contributed by atoms with Gasteiger partial charge in [-0.2, -0.15) is 0 Å². The molecule has 0 saturated heterocycles. The van der Waals surface area contributed by atoms with E-state index in [2.05, 4.69) is 78.0 Å². The highest BCUT2D eigenvalue weighted by Crippen LogP contribution is 2.27. The maximum absolute atomic E-state index is 4.63. The van der Waals surface area contributed by atoms with Gasteiger partial charge in [-0.1, -0.05) is 78.8 Å². The summed E-state index contributed by atoms with van der Waals surface area (Å²) in [6, 6.07) is 19.2. The molecule has 0 bridgehead atoms. The van der Waals surface area contributed by atoms with Crippen molar-refractivity contribution in [3.63, 3.8) is 0 Å². The van der Waals surface area contributed by atoms with E-state index in [1.165, 1.54) is 22.4 Å². The third-order valence-corrected chi connectivity index (χ3v) is 4.50. The summed E-state index contributed by atoms with van der Waals surface area (Å²) in [6.07, 6.45) is 1.99. The van der Waals surface area contributed by atoms with Gasteiger partial charge in [-0.3, -0.25) is 0 Å². The van der Waals surface area contributed by atoms with Crippen LogP contribution in [0.25, 0.3) is 11.3 Å². The summed E-state index contributed by atoms with van der Waals surface area (Å²) in [5.41, 5.74) is 4.98. The zero-order valence-corrected chi connectivity index (χ0v) is 13.8. The highest BCUT2D eigenvalue weighted by molar-refractivity contribution is 7.99. The molecule has 2 nitrogen and oxygen atoms in total. The van der Waals surface area contributed by atoms with Gasteiger partial charge < -0.3 is 4.57 Å². The van der Waals surface area contributed by atoms with Gasteiger partial charge in [0, 0.05) is 0 Å². The summed E-state index contributed by atoms with van der Waals surface area (Å²) in [6.45, 7) is 5.13. The second-order valence-corrected chi connectivity index (χ2v) is 6.53. The fraction of sp³-hybridized carbons (Fsp3) is 0.211. The SMILES string of the molecule is CCSc1ncc(-c2ccc(C)cc2)n1Cc1ccccc1. The minimum atomic E-state index is 0.854. The minimum Gasteiger partial charge on any atom is -0.314 e. The first-order valence-corrected chi connectivity index (χ1v) is 8.56. The zero-order chi connectivity index (χ0) is 15.4. The average molecular weight is 308 g/mol. The molecular weight excluding hydrogens is 288 g/mol. The van der Waals surface area contributed by atoms with Crippen molar-refractivity contribution in [1.82, 2.24) is 9.55 Å². The van der Waals surface area contributed by atoms with Crippen LogP contribution in [0.5, 0.6) is 0 Å². The molecule has 1 heterocycles. The van der Waals surface area contributed by atoms with E-state index >= 15 is 0 Å². The van der Waals surface area contributed by atoms with Gasteiger partial charge in [-0.25, -0.2) is 4.98 Å². The summed E-state index contributed by atoms with van der Waals surface area (Å²) >= 11 is 1.79. The van der Waals surface area contributed by atoms with E-state index in [4.69, 9.17) is 0 Å². The number of rotatable bonds is 5. The van der Waals surface area contributed by atoms with Gasteiger partial charge in [0.15, 0.2) is 5.16 Å². The first-order valence-electron chi connectivity index (χ1n) is 7.57. The van der Waals surface area contributed by atoms with E-state index in [1.807, 2.05) is 6.20 Å². The molecule has 3 rings (SSSR count). The number of nitrogens with zero attached hydrogens (tertiary/aromatic N) is 2. The third kappa shape index (κ3) is 3.25. The van der Waals surface area contributed by atoms with E-state index in [0.717, 1.165) is 17.5 Å². The zero-order valence-electron chi connectivity index (χ0n) is 13.0. The summed E-state index contributed by atoms with van der Waals surface area (Å²) in [4.78, 5) is 4.63. The fourth-order valence-corrected chi connectivity index (χ4v) is 3.18. The minimum absolute atomic E-state index is 0.854. The number of hydrogen-bond donors (Lipinski definition) is 0. The molecule has 112 valence electrons.